The minimum atomic E-state index is -0.492. The molecule has 2 aromatic rings. The third kappa shape index (κ3) is 4.13. The van der Waals surface area contributed by atoms with Crippen molar-refractivity contribution in [2.45, 2.75) is 20.8 Å². The van der Waals surface area contributed by atoms with E-state index in [4.69, 9.17) is 27.9 Å². The van der Waals surface area contributed by atoms with Gasteiger partial charge in [-0.25, -0.2) is 4.79 Å². The highest BCUT2D eigenvalue weighted by Gasteiger charge is 2.45. The van der Waals surface area contributed by atoms with Crippen LogP contribution in [-0.2, 0) is 4.74 Å². The molecule has 0 radical (unpaired) electrons. The molecule has 2 aromatic carbocycles. The summed E-state index contributed by atoms with van der Waals surface area (Å²) in [7, 11) is 1.60. The first-order valence-electron chi connectivity index (χ1n) is 9.01. The number of rotatable bonds is 5. The molecule has 0 aliphatic carbocycles. The Labute approximate surface area is 179 Å². The Bertz CT molecular complexity index is 1060. The number of ketones is 1. The predicted octanol–water partition coefficient (Wildman–Crippen LogP) is 5.33. The van der Waals surface area contributed by atoms with E-state index < -0.39 is 4.59 Å². The minimum Gasteiger partial charge on any atom is -0.441 e. The van der Waals surface area contributed by atoms with Crippen LogP contribution in [0.15, 0.2) is 53.5 Å². The Kier molecular flexibility index (Phi) is 5.94. The summed E-state index contributed by atoms with van der Waals surface area (Å²) in [4.78, 5) is 25.8. The zero-order valence-corrected chi connectivity index (χ0v) is 18.1. The van der Waals surface area contributed by atoms with Crippen LogP contribution in [0.5, 0.6) is 0 Å². The molecule has 0 bridgehead atoms. The predicted molar refractivity (Wildman–Crippen MR) is 114 cm³/mol. The molecule has 1 aliphatic rings. The first kappa shape index (κ1) is 21.2. The van der Waals surface area contributed by atoms with Crippen molar-refractivity contribution < 1.29 is 18.9 Å². The average Bonchev–Trinajstić information content (AvgIpc) is 2.99. The molecule has 1 aliphatic heterocycles. The van der Waals surface area contributed by atoms with E-state index in [-0.39, 0.29) is 34.8 Å². The van der Waals surface area contributed by atoms with Gasteiger partial charge in [-0.2, -0.15) is 0 Å². The van der Waals surface area contributed by atoms with Crippen LogP contribution in [0, 0.1) is 13.8 Å². The van der Waals surface area contributed by atoms with Crippen LogP contribution in [0.1, 0.15) is 38.8 Å². The van der Waals surface area contributed by atoms with E-state index >= 15 is 0 Å². The molecule has 1 atom stereocenters. The zero-order chi connectivity index (χ0) is 21.3. The van der Waals surface area contributed by atoms with Crippen LogP contribution in [0.2, 0.25) is 10.0 Å². The summed E-state index contributed by atoms with van der Waals surface area (Å²) in [5, 5.41) is 5.17. The van der Waals surface area contributed by atoms with Crippen LogP contribution in [0.3, 0.4) is 0 Å². The molecule has 7 heteroatoms. The first-order chi connectivity index (χ1) is 13.6. The van der Waals surface area contributed by atoms with Gasteiger partial charge in [-0.15, -0.1) is 0 Å². The zero-order valence-electron chi connectivity index (χ0n) is 16.6. The van der Waals surface area contributed by atoms with E-state index in [1.54, 1.807) is 51.2 Å². The van der Waals surface area contributed by atoms with Gasteiger partial charge >= 0.3 is 11.8 Å². The van der Waals surface area contributed by atoms with E-state index in [0.717, 1.165) is 5.56 Å². The van der Waals surface area contributed by atoms with Gasteiger partial charge in [0.15, 0.2) is 12.4 Å². The van der Waals surface area contributed by atoms with Crippen molar-refractivity contribution in [3.05, 3.63) is 80.7 Å². The molecule has 1 amide bonds. The second-order valence-corrected chi connectivity index (χ2v) is 7.89. The van der Waals surface area contributed by atoms with E-state index in [2.05, 4.69) is 5.10 Å². The number of amides is 1. The normalized spacial score (nSPS) is 18.3. The quantitative estimate of drug-likeness (QED) is 0.474. The first-order valence-corrected chi connectivity index (χ1v) is 9.77. The Morgan fingerprint density at radius 2 is 1.69 bits per heavy atom. The summed E-state index contributed by atoms with van der Waals surface area (Å²) in [6, 6.07) is 10.4. The molecule has 0 aromatic heterocycles. The second kappa shape index (κ2) is 8.11. The number of carbonyl (C=O) groups excluding carboxylic acids is 2. The number of halogens is 2. The fourth-order valence-electron chi connectivity index (χ4n) is 3.03. The SMILES string of the molecule is CC1=N[N+](C)(C(=O)c2ccc(Cl)c(C)c2Cl)C(OCC(=O)c2ccc(C)cc2)=C1. The number of allylic oxidation sites excluding steroid dienone is 1. The summed E-state index contributed by atoms with van der Waals surface area (Å²) in [6.07, 6.45) is 1.65. The molecule has 150 valence electrons. The highest BCUT2D eigenvalue weighted by atomic mass is 35.5. The average molecular weight is 432 g/mol. The van der Waals surface area contributed by atoms with Gasteiger partial charge in [-0.1, -0.05) is 62.7 Å². The molecule has 29 heavy (non-hydrogen) atoms. The third-order valence-corrected chi connectivity index (χ3v) is 5.69. The number of hydrogen-bond donors (Lipinski definition) is 0. The number of ether oxygens (including phenoxy) is 1. The monoisotopic (exact) mass is 431 g/mol. The molecule has 0 saturated carbocycles. The number of aryl methyl sites for hydroxylation is 1. The lowest BCUT2D eigenvalue weighted by atomic mass is 10.1. The van der Waals surface area contributed by atoms with Crippen LogP contribution in [0.4, 0.5) is 0 Å². The molecule has 1 heterocycles. The molecule has 0 N–H and O–H groups in total. The molecule has 1 unspecified atom stereocenters. The van der Waals surface area contributed by atoms with E-state index in [0.29, 0.717) is 21.9 Å². The third-order valence-electron chi connectivity index (χ3n) is 4.79. The van der Waals surface area contributed by atoms with Crippen molar-refractivity contribution in [1.82, 2.24) is 0 Å². The van der Waals surface area contributed by atoms with Crippen molar-refractivity contribution in [2.24, 2.45) is 5.10 Å². The second-order valence-electron chi connectivity index (χ2n) is 7.10. The summed E-state index contributed by atoms with van der Waals surface area (Å²) in [6.45, 7) is 5.25. The Balaban J connectivity index is 1.83. The highest BCUT2D eigenvalue weighted by molar-refractivity contribution is 6.37. The summed E-state index contributed by atoms with van der Waals surface area (Å²) in [5.74, 6) is -0.299. The van der Waals surface area contributed by atoms with Gasteiger partial charge in [0.05, 0.1) is 11.1 Å². The maximum atomic E-state index is 13.3. The number of hydrogen-bond acceptors (Lipinski definition) is 4. The van der Waals surface area contributed by atoms with Gasteiger partial charge in [-0.05, 0) is 38.5 Å². The number of benzene rings is 2. The Morgan fingerprint density at radius 1 is 1.03 bits per heavy atom. The number of nitrogens with zero attached hydrogens (tertiary/aromatic N) is 2. The highest BCUT2D eigenvalue weighted by Crippen LogP contribution is 2.33. The molecule has 0 spiro atoms. The van der Waals surface area contributed by atoms with Gasteiger partial charge in [0.25, 0.3) is 0 Å². The number of quaternary nitrogens is 1. The summed E-state index contributed by atoms with van der Waals surface area (Å²) < 4.78 is 5.26. The number of Topliss-reactive ketones (excluding diaryl/α,β-unsaturated/α-hetero) is 1. The lowest BCUT2D eigenvalue weighted by molar-refractivity contribution is -0.810. The van der Waals surface area contributed by atoms with E-state index in [1.807, 2.05) is 19.1 Å². The van der Waals surface area contributed by atoms with Gasteiger partial charge in [0, 0.05) is 10.6 Å². The number of carbonyl (C=O) groups is 2. The minimum absolute atomic E-state index is 0.185. The van der Waals surface area contributed by atoms with Crippen molar-refractivity contribution in [1.29, 1.82) is 0 Å². The van der Waals surface area contributed by atoms with Crippen LogP contribution in [-0.4, -0.2) is 35.6 Å². The summed E-state index contributed by atoms with van der Waals surface area (Å²) >= 11 is 12.4. The van der Waals surface area contributed by atoms with Gasteiger partial charge in [-0.3, -0.25) is 4.79 Å². The standard InChI is InChI=1S/C22H21Cl2N2O3/c1-13-5-7-16(8-6-13)19(27)12-29-20-11-14(2)25-26(20,4)22(28)17-9-10-18(23)15(3)21(17)24/h5-11H,12H2,1-4H3/q+1. The van der Waals surface area contributed by atoms with Gasteiger partial charge < -0.3 is 4.74 Å². The van der Waals surface area contributed by atoms with Gasteiger partial charge in [0.2, 0.25) is 0 Å². The Morgan fingerprint density at radius 3 is 2.34 bits per heavy atom. The van der Waals surface area contributed by atoms with Crippen molar-refractivity contribution in [2.75, 3.05) is 13.7 Å². The molecule has 0 fully saturated rings. The molecule has 5 nitrogen and oxygen atoms in total. The molecule has 3 rings (SSSR count). The summed E-state index contributed by atoms with van der Waals surface area (Å²) in [5.41, 5.74) is 3.12. The van der Waals surface area contributed by atoms with E-state index in [9.17, 15) is 9.59 Å². The molecule has 0 saturated heterocycles. The maximum absolute atomic E-state index is 13.3. The Hall–Kier alpha value is -2.47. The molecular weight excluding hydrogens is 411 g/mol. The smallest absolute Gasteiger partial charge is 0.381 e. The largest absolute Gasteiger partial charge is 0.441 e. The van der Waals surface area contributed by atoms with Gasteiger partial charge in [0.1, 0.15) is 18.3 Å². The maximum Gasteiger partial charge on any atom is 0.381 e. The lowest BCUT2D eigenvalue weighted by Gasteiger charge is -2.23. The van der Waals surface area contributed by atoms with Crippen LogP contribution >= 0.6 is 23.2 Å². The lowest BCUT2D eigenvalue weighted by Crippen LogP contribution is -2.43. The van der Waals surface area contributed by atoms with Crippen molar-refractivity contribution in [3.8, 4) is 0 Å². The van der Waals surface area contributed by atoms with Crippen LogP contribution in [0.25, 0.3) is 0 Å². The van der Waals surface area contributed by atoms with Crippen molar-refractivity contribution in [3.63, 3.8) is 0 Å². The van der Waals surface area contributed by atoms with E-state index in [1.165, 1.54) is 0 Å². The topological polar surface area (TPSA) is 55.7 Å². The fraction of sp³-hybridized carbons (Fsp3) is 0.227. The molecular formula is C22H21Cl2N2O3+. The fourth-order valence-corrected chi connectivity index (χ4v) is 3.49. The van der Waals surface area contributed by atoms with Crippen molar-refractivity contribution >= 4 is 40.6 Å². The van der Waals surface area contributed by atoms with Crippen LogP contribution < -0.4 is 0 Å².